The molecule has 1 aromatic carbocycles. The average Bonchev–Trinajstić information content (AvgIpc) is 2.08. The Morgan fingerprint density at radius 2 is 2.15 bits per heavy atom. The number of halogens is 1. The van der Waals surface area contributed by atoms with Crippen molar-refractivity contribution in [1.82, 2.24) is 0 Å². The molecule has 70 valence electrons. The second kappa shape index (κ2) is 3.66. The summed E-state index contributed by atoms with van der Waals surface area (Å²) in [5.41, 5.74) is 0.872. The number of carbonyl (C=O) groups is 1. The molecule has 0 saturated heterocycles. The summed E-state index contributed by atoms with van der Waals surface area (Å²) < 4.78 is 4.92. The van der Waals surface area contributed by atoms with Gasteiger partial charge < -0.3 is 9.84 Å². The van der Waals surface area contributed by atoms with E-state index in [1.807, 2.05) is 0 Å². The van der Waals surface area contributed by atoms with Crippen LogP contribution in [0.1, 0.15) is 15.9 Å². The first-order valence-electron chi connectivity index (χ1n) is 3.63. The summed E-state index contributed by atoms with van der Waals surface area (Å²) in [6.07, 6.45) is 0. The minimum atomic E-state index is -1.05. The van der Waals surface area contributed by atoms with Gasteiger partial charge in [-0.05, 0) is 24.6 Å². The minimum absolute atomic E-state index is 0.0681. The zero-order chi connectivity index (χ0) is 10.0. The van der Waals surface area contributed by atoms with Crippen molar-refractivity contribution in [3.63, 3.8) is 0 Å². The Balaban J connectivity index is 3.35. The van der Waals surface area contributed by atoms with Gasteiger partial charge in [0.2, 0.25) is 0 Å². The topological polar surface area (TPSA) is 46.5 Å². The van der Waals surface area contributed by atoms with Gasteiger partial charge in [0.25, 0.3) is 0 Å². The second-order valence-electron chi connectivity index (χ2n) is 2.63. The Kier molecular flexibility index (Phi) is 2.78. The van der Waals surface area contributed by atoms with E-state index >= 15 is 0 Å². The quantitative estimate of drug-likeness (QED) is 0.797. The van der Waals surface area contributed by atoms with Gasteiger partial charge in [-0.3, -0.25) is 0 Å². The molecule has 1 N–H and O–H groups in total. The molecule has 0 heterocycles. The van der Waals surface area contributed by atoms with Crippen molar-refractivity contribution in [2.24, 2.45) is 0 Å². The van der Waals surface area contributed by atoms with E-state index in [4.69, 9.17) is 21.4 Å². The van der Waals surface area contributed by atoms with E-state index in [1.54, 1.807) is 13.0 Å². The van der Waals surface area contributed by atoms with Crippen molar-refractivity contribution in [1.29, 1.82) is 0 Å². The second-order valence-corrected chi connectivity index (χ2v) is 3.01. The zero-order valence-corrected chi connectivity index (χ0v) is 8.05. The number of aromatic carboxylic acids is 1. The SMILES string of the molecule is COc1cc(C)cc(C(=O)O)c1Cl. The van der Waals surface area contributed by atoms with Crippen LogP contribution in [-0.4, -0.2) is 18.2 Å². The Morgan fingerprint density at radius 3 is 2.62 bits per heavy atom. The maximum atomic E-state index is 10.7. The number of hydrogen-bond acceptors (Lipinski definition) is 2. The third-order valence-electron chi connectivity index (χ3n) is 1.63. The van der Waals surface area contributed by atoms with Crippen molar-refractivity contribution >= 4 is 17.6 Å². The molecule has 1 aromatic rings. The van der Waals surface area contributed by atoms with Gasteiger partial charge in [0, 0.05) is 0 Å². The monoisotopic (exact) mass is 200 g/mol. The van der Waals surface area contributed by atoms with E-state index in [9.17, 15) is 4.79 Å². The van der Waals surface area contributed by atoms with Crippen molar-refractivity contribution in [2.45, 2.75) is 6.92 Å². The molecule has 0 unspecified atom stereocenters. The van der Waals surface area contributed by atoms with E-state index in [0.29, 0.717) is 5.75 Å². The Labute approximate surface area is 80.9 Å². The maximum absolute atomic E-state index is 10.7. The molecule has 3 nitrogen and oxygen atoms in total. The van der Waals surface area contributed by atoms with Gasteiger partial charge in [-0.2, -0.15) is 0 Å². The lowest BCUT2D eigenvalue weighted by molar-refractivity contribution is 0.0696. The highest BCUT2D eigenvalue weighted by Crippen LogP contribution is 2.29. The first-order valence-corrected chi connectivity index (χ1v) is 4.01. The molecule has 0 amide bonds. The van der Waals surface area contributed by atoms with Gasteiger partial charge >= 0.3 is 5.97 Å². The van der Waals surface area contributed by atoms with Crippen LogP contribution < -0.4 is 4.74 Å². The lowest BCUT2D eigenvalue weighted by Gasteiger charge is -2.06. The summed E-state index contributed by atoms with van der Waals surface area (Å²) in [5, 5.41) is 8.91. The van der Waals surface area contributed by atoms with Gasteiger partial charge in [-0.1, -0.05) is 11.6 Å². The van der Waals surface area contributed by atoms with Crippen molar-refractivity contribution in [2.75, 3.05) is 7.11 Å². The number of aryl methyl sites for hydroxylation is 1. The van der Waals surface area contributed by atoms with Crippen LogP contribution in [0.5, 0.6) is 5.75 Å². The largest absolute Gasteiger partial charge is 0.495 e. The summed E-state index contributed by atoms with van der Waals surface area (Å²) >= 11 is 5.77. The molecule has 0 saturated carbocycles. The maximum Gasteiger partial charge on any atom is 0.337 e. The molecule has 0 spiro atoms. The number of carboxylic acids is 1. The molecule has 1 rings (SSSR count). The summed E-state index contributed by atoms with van der Waals surface area (Å²) in [5.74, 6) is -0.661. The molecular weight excluding hydrogens is 192 g/mol. The lowest BCUT2D eigenvalue weighted by Crippen LogP contribution is -1.99. The normalized spacial score (nSPS) is 9.77. The first-order chi connectivity index (χ1) is 6.06. The number of benzene rings is 1. The van der Waals surface area contributed by atoms with Crippen molar-refractivity contribution in [3.05, 3.63) is 28.3 Å². The van der Waals surface area contributed by atoms with Crippen molar-refractivity contribution < 1.29 is 14.6 Å². The van der Waals surface area contributed by atoms with Gasteiger partial charge in [0.05, 0.1) is 17.7 Å². The highest BCUT2D eigenvalue weighted by Gasteiger charge is 2.13. The predicted octanol–water partition coefficient (Wildman–Crippen LogP) is 2.36. The van der Waals surface area contributed by atoms with Crippen LogP contribution in [0, 0.1) is 6.92 Å². The highest BCUT2D eigenvalue weighted by atomic mass is 35.5. The van der Waals surface area contributed by atoms with Crippen LogP contribution in [0.4, 0.5) is 0 Å². The number of carboxylic acid groups (broad SMARTS) is 1. The molecule has 0 fully saturated rings. The van der Waals surface area contributed by atoms with Crippen LogP contribution in [-0.2, 0) is 0 Å². The Morgan fingerprint density at radius 1 is 1.54 bits per heavy atom. The summed E-state index contributed by atoms with van der Waals surface area (Å²) in [4.78, 5) is 10.7. The minimum Gasteiger partial charge on any atom is -0.495 e. The van der Waals surface area contributed by atoms with Crippen LogP contribution in [0.3, 0.4) is 0 Å². The van der Waals surface area contributed by atoms with Crippen LogP contribution in [0.2, 0.25) is 5.02 Å². The number of ether oxygens (including phenoxy) is 1. The van der Waals surface area contributed by atoms with Gasteiger partial charge in [0.1, 0.15) is 5.75 Å². The molecule has 0 aliphatic rings. The van der Waals surface area contributed by atoms with E-state index in [0.717, 1.165) is 5.56 Å². The van der Waals surface area contributed by atoms with E-state index in [1.165, 1.54) is 13.2 Å². The van der Waals surface area contributed by atoms with Gasteiger partial charge in [-0.15, -0.1) is 0 Å². The smallest absolute Gasteiger partial charge is 0.337 e. The standard InChI is InChI=1S/C9H9ClO3/c1-5-3-6(9(11)12)8(10)7(4-5)13-2/h3-4H,1-2H3,(H,11,12). The predicted molar refractivity (Wildman–Crippen MR) is 49.7 cm³/mol. The molecule has 0 aliphatic heterocycles. The van der Waals surface area contributed by atoms with E-state index in [-0.39, 0.29) is 10.6 Å². The third-order valence-corrected chi connectivity index (χ3v) is 2.02. The number of methoxy groups -OCH3 is 1. The average molecular weight is 201 g/mol. The fourth-order valence-electron chi connectivity index (χ4n) is 1.04. The molecule has 4 heteroatoms. The molecule has 0 aliphatic carbocycles. The first kappa shape index (κ1) is 9.86. The molecule has 0 aromatic heterocycles. The van der Waals surface area contributed by atoms with E-state index < -0.39 is 5.97 Å². The summed E-state index contributed by atoms with van der Waals surface area (Å²) in [6, 6.07) is 3.20. The highest BCUT2D eigenvalue weighted by molar-refractivity contribution is 6.35. The summed E-state index contributed by atoms with van der Waals surface area (Å²) in [7, 11) is 1.45. The molecular formula is C9H9ClO3. The fraction of sp³-hybridized carbons (Fsp3) is 0.222. The number of hydrogen-bond donors (Lipinski definition) is 1. The molecule has 0 atom stereocenters. The van der Waals surface area contributed by atoms with E-state index in [2.05, 4.69) is 0 Å². The molecule has 0 bridgehead atoms. The summed E-state index contributed by atoms with van der Waals surface area (Å²) in [6.45, 7) is 1.78. The third kappa shape index (κ3) is 1.92. The van der Waals surface area contributed by atoms with Gasteiger partial charge in [-0.25, -0.2) is 4.79 Å². The van der Waals surface area contributed by atoms with Crippen LogP contribution >= 0.6 is 11.6 Å². The molecule has 13 heavy (non-hydrogen) atoms. The fourth-order valence-corrected chi connectivity index (χ4v) is 1.31. The zero-order valence-electron chi connectivity index (χ0n) is 7.30. The lowest BCUT2D eigenvalue weighted by atomic mass is 10.1. The Bertz CT molecular complexity index is 347. The number of rotatable bonds is 2. The van der Waals surface area contributed by atoms with Crippen LogP contribution in [0.15, 0.2) is 12.1 Å². The molecule has 0 radical (unpaired) electrons. The van der Waals surface area contributed by atoms with Crippen molar-refractivity contribution in [3.8, 4) is 5.75 Å². The Hall–Kier alpha value is -1.22. The van der Waals surface area contributed by atoms with Crippen LogP contribution in [0.25, 0.3) is 0 Å². The van der Waals surface area contributed by atoms with Gasteiger partial charge in [0.15, 0.2) is 0 Å².